The van der Waals surface area contributed by atoms with Crippen molar-refractivity contribution >= 4 is 29.4 Å². The van der Waals surface area contributed by atoms with E-state index in [2.05, 4.69) is 40.7 Å². The van der Waals surface area contributed by atoms with Gasteiger partial charge in [-0.15, -0.1) is 0 Å². The zero-order valence-corrected chi connectivity index (χ0v) is 15.2. The lowest BCUT2D eigenvalue weighted by molar-refractivity contribution is -0.116. The number of amides is 1. The molecule has 0 fully saturated rings. The van der Waals surface area contributed by atoms with Crippen LogP contribution >= 0.6 is 0 Å². The zero-order chi connectivity index (χ0) is 18.6. The van der Waals surface area contributed by atoms with Gasteiger partial charge in [0.25, 0.3) is 0 Å². The highest BCUT2D eigenvalue weighted by molar-refractivity contribution is 5.95. The van der Waals surface area contributed by atoms with Crippen LogP contribution < -0.4 is 10.2 Å². The highest BCUT2D eigenvalue weighted by Crippen LogP contribution is 2.30. The SMILES string of the molecule is CC(=O)N1Cc2ccc(NCc3ccncc3)cc2/C=C\c2ccccc21. The van der Waals surface area contributed by atoms with Crippen LogP contribution in [0.3, 0.4) is 0 Å². The number of nitrogens with one attached hydrogen (secondary N) is 1. The Morgan fingerprint density at radius 3 is 2.63 bits per heavy atom. The van der Waals surface area contributed by atoms with E-state index in [0.29, 0.717) is 6.54 Å². The van der Waals surface area contributed by atoms with Gasteiger partial charge >= 0.3 is 0 Å². The Morgan fingerprint density at radius 1 is 1.04 bits per heavy atom. The monoisotopic (exact) mass is 355 g/mol. The Labute approximate surface area is 159 Å². The first-order chi connectivity index (χ1) is 13.2. The third kappa shape index (κ3) is 3.75. The lowest BCUT2D eigenvalue weighted by atomic mass is 10.00. The minimum absolute atomic E-state index is 0.0450. The maximum atomic E-state index is 12.2. The first-order valence-electron chi connectivity index (χ1n) is 9.01. The topological polar surface area (TPSA) is 45.2 Å². The van der Waals surface area contributed by atoms with Gasteiger partial charge in [0.05, 0.1) is 12.2 Å². The lowest BCUT2D eigenvalue weighted by Gasteiger charge is -2.26. The maximum Gasteiger partial charge on any atom is 0.224 e. The number of nitrogens with zero attached hydrogens (tertiary/aromatic N) is 2. The van der Waals surface area contributed by atoms with Gasteiger partial charge in [-0.2, -0.15) is 0 Å². The molecule has 4 rings (SSSR count). The fourth-order valence-electron chi connectivity index (χ4n) is 3.30. The fraction of sp³-hybridized carbons (Fsp3) is 0.130. The molecule has 27 heavy (non-hydrogen) atoms. The van der Waals surface area contributed by atoms with Crippen molar-refractivity contribution < 1.29 is 4.79 Å². The number of benzene rings is 2. The number of hydrogen-bond donors (Lipinski definition) is 1. The fourth-order valence-corrected chi connectivity index (χ4v) is 3.30. The Morgan fingerprint density at radius 2 is 1.81 bits per heavy atom. The van der Waals surface area contributed by atoms with Crippen LogP contribution in [0.1, 0.15) is 29.2 Å². The summed E-state index contributed by atoms with van der Waals surface area (Å²) in [5.41, 5.74) is 6.49. The third-order valence-corrected chi connectivity index (χ3v) is 4.77. The molecule has 2 aromatic carbocycles. The van der Waals surface area contributed by atoms with Crippen LogP contribution in [-0.2, 0) is 17.9 Å². The molecule has 4 nitrogen and oxygen atoms in total. The Bertz CT molecular complexity index is 996. The first-order valence-corrected chi connectivity index (χ1v) is 9.01. The standard InChI is InChI=1S/C23H21N3O/c1-17(27)26-16-21-8-9-22(25-15-18-10-12-24-13-11-18)14-20(21)7-6-19-4-2-3-5-23(19)26/h2-14,25H,15-16H2,1H3/b7-6-. The van der Waals surface area contributed by atoms with E-state index in [-0.39, 0.29) is 5.91 Å². The summed E-state index contributed by atoms with van der Waals surface area (Å²) in [6.07, 6.45) is 7.81. The molecule has 1 aromatic heterocycles. The number of anilines is 2. The highest BCUT2D eigenvalue weighted by atomic mass is 16.2. The molecule has 134 valence electrons. The second kappa shape index (κ2) is 7.46. The van der Waals surface area contributed by atoms with Crippen LogP contribution in [0, 0.1) is 0 Å². The summed E-state index contributed by atoms with van der Waals surface area (Å²) in [7, 11) is 0. The van der Waals surface area contributed by atoms with E-state index in [4.69, 9.17) is 0 Å². The smallest absolute Gasteiger partial charge is 0.224 e. The molecular formula is C23H21N3O. The summed E-state index contributed by atoms with van der Waals surface area (Å²) in [5.74, 6) is 0.0450. The summed E-state index contributed by atoms with van der Waals surface area (Å²) < 4.78 is 0. The molecule has 0 radical (unpaired) electrons. The third-order valence-electron chi connectivity index (χ3n) is 4.77. The molecule has 2 heterocycles. The average Bonchev–Trinajstić information content (AvgIpc) is 2.69. The largest absolute Gasteiger partial charge is 0.381 e. The van der Waals surface area contributed by atoms with Crippen molar-refractivity contribution in [3.8, 4) is 0 Å². The first kappa shape index (κ1) is 17.0. The summed E-state index contributed by atoms with van der Waals surface area (Å²) in [5, 5.41) is 3.46. The van der Waals surface area contributed by atoms with E-state index in [1.54, 1.807) is 19.3 Å². The van der Waals surface area contributed by atoms with Gasteiger partial charge in [-0.1, -0.05) is 36.4 Å². The van der Waals surface area contributed by atoms with Crippen LogP contribution in [0.15, 0.2) is 67.0 Å². The summed E-state index contributed by atoms with van der Waals surface area (Å²) in [6, 6.07) is 18.3. The molecule has 1 amide bonds. The van der Waals surface area contributed by atoms with Gasteiger partial charge in [-0.25, -0.2) is 0 Å². The Kier molecular flexibility index (Phi) is 4.71. The second-order valence-electron chi connectivity index (χ2n) is 6.62. The van der Waals surface area contributed by atoms with E-state index >= 15 is 0 Å². The predicted octanol–water partition coefficient (Wildman–Crippen LogP) is 4.73. The molecular weight excluding hydrogens is 334 g/mol. The number of rotatable bonds is 3. The van der Waals surface area contributed by atoms with Crippen LogP contribution in [0.4, 0.5) is 11.4 Å². The number of para-hydroxylation sites is 1. The van der Waals surface area contributed by atoms with Gasteiger partial charge in [0.1, 0.15) is 0 Å². The van der Waals surface area contributed by atoms with Crippen molar-refractivity contribution in [3.05, 3.63) is 89.2 Å². The minimum atomic E-state index is 0.0450. The highest BCUT2D eigenvalue weighted by Gasteiger charge is 2.18. The van der Waals surface area contributed by atoms with Crippen molar-refractivity contribution in [3.63, 3.8) is 0 Å². The van der Waals surface area contributed by atoms with Crippen molar-refractivity contribution in [2.75, 3.05) is 10.2 Å². The van der Waals surface area contributed by atoms with Gasteiger partial charge in [0.15, 0.2) is 0 Å². The zero-order valence-electron chi connectivity index (χ0n) is 15.2. The van der Waals surface area contributed by atoms with Crippen molar-refractivity contribution in [1.29, 1.82) is 0 Å². The van der Waals surface area contributed by atoms with Crippen LogP contribution in [0.25, 0.3) is 12.2 Å². The van der Waals surface area contributed by atoms with Crippen molar-refractivity contribution in [2.45, 2.75) is 20.0 Å². The Balaban J connectivity index is 1.64. The number of hydrogen-bond acceptors (Lipinski definition) is 3. The van der Waals surface area contributed by atoms with Gasteiger partial charge in [0.2, 0.25) is 5.91 Å². The number of aromatic nitrogens is 1. The average molecular weight is 355 g/mol. The van der Waals surface area contributed by atoms with Gasteiger partial charge in [-0.3, -0.25) is 9.78 Å². The molecule has 3 aromatic rings. The van der Waals surface area contributed by atoms with E-state index in [9.17, 15) is 4.79 Å². The van der Waals surface area contributed by atoms with Crippen LogP contribution in [-0.4, -0.2) is 10.9 Å². The quantitative estimate of drug-likeness (QED) is 0.739. The van der Waals surface area contributed by atoms with E-state index < -0.39 is 0 Å². The second-order valence-corrected chi connectivity index (χ2v) is 6.62. The van der Waals surface area contributed by atoms with Crippen LogP contribution in [0.5, 0.6) is 0 Å². The normalized spacial score (nSPS) is 13.7. The van der Waals surface area contributed by atoms with Crippen molar-refractivity contribution in [2.24, 2.45) is 0 Å². The summed E-state index contributed by atoms with van der Waals surface area (Å²) >= 11 is 0. The molecule has 0 atom stereocenters. The van der Waals surface area contributed by atoms with E-state index in [0.717, 1.165) is 34.6 Å². The number of carbonyl (C=O) groups is 1. The molecule has 1 aliphatic rings. The Hall–Kier alpha value is -3.40. The molecule has 0 saturated heterocycles. The molecule has 0 spiro atoms. The predicted molar refractivity (Wildman–Crippen MR) is 110 cm³/mol. The van der Waals surface area contributed by atoms with Gasteiger partial charge in [0, 0.05) is 31.5 Å². The molecule has 0 unspecified atom stereocenters. The molecule has 0 aliphatic carbocycles. The molecule has 4 heteroatoms. The summed E-state index contributed by atoms with van der Waals surface area (Å²) in [4.78, 5) is 18.1. The van der Waals surface area contributed by atoms with Crippen molar-refractivity contribution in [1.82, 2.24) is 4.98 Å². The van der Waals surface area contributed by atoms with Crippen LogP contribution in [0.2, 0.25) is 0 Å². The lowest BCUT2D eigenvalue weighted by Crippen LogP contribution is -2.29. The maximum absolute atomic E-state index is 12.2. The number of fused-ring (bicyclic) bond motifs is 2. The van der Waals surface area contributed by atoms with Gasteiger partial charge in [-0.05, 0) is 52.6 Å². The minimum Gasteiger partial charge on any atom is -0.381 e. The molecule has 0 saturated carbocycles. The molecule has 0 bridgehead atoms. The number of carbonyl (C=O) groups excluding carboxylic acids is 1. The number of pyridine rings is 1. The van der Waals surface area contributed by atoms with E-state index in [1.165, 1.54) is 5.56 Å². The molecule has 1 N–H and O–H groups in total. The summed E-state index contributed by atoms with van der Waals surface area (Å²) in [6.45, 7) is 2.93. The van der Waals surface area contributed by atoms with E-state index in [1.807, 2.05) is 41.3 Å². The van der Waals surface area contributed by atoms with Gasteiger partial charge < -0.3 is 10.2 Å². The molecule has 1 aliphatic heterocycles.